The first kappa shape index (κ1) is 14.5. The first-order valence-corrected chi connectivity index (χ1v) is 6.07. The highest BCUT2D eigenvalue weighted by Gasteiger charge is 2.40. The van der Waals surface area contributed by atoms with E-state index in [0.29, 0.717) is 0 Å². The maximum Gasteiger partial charge on any atom is 0.410 e. The second-order valence-corrected chi connectivity index (χ2v) is 5.93. The summed E-state index contributed by atoms with van der Waals surface area (Å²) in [6, 6.07) is 0. The Morgan fingerprint density at radius 1 is 1.40 bits per heavy atom. The normalized spacial score (nSPS) is 17.1. The Morgan fingerprint density at radius 3 is 2.00 bits per heavy atom. The summed E-state index contributed by atoms with van der Waals surface area (Å²) in [5.41, 5.74) is 0. The second-order valence-electron chi connectivity index (χ2n) is 3.56. The van der Waals surface area contributed by atoms with Gasteiger partial charge in [0.1, 0.15) is 0 Å². The molecule has 0 fully saturated rings. The number of hydrogen-bond donors (Lipinski definition) is 2. The van der Waals surface area contributed by atoms with Gasteiger partial charge in [-0.2, -0.15) is 8.42 Å². The zero-order chi connectivity index (χ0) is 12.4. The lowest BCUT2D eigenvalue weighted by Gasteiger charge is -2.28. The molecule has 0 radical (unpaired) electrons. The summed E-state index contributed by atoms with van der Waals surface area (Å²) in [4.78, 5) is 10.7. The Balaban J connectivity index is 4.99. The van der Waals surface area contributed by atoms with E-state index in [0.717, 1.165) is 0 Å². The molecule has 0 aliphatic rings. The van der Waals surface area contributed by atoms with Crippen LogP contribution in [0.5, 0.6) is 0 Å². The van der Waals surface area contributed by atoms with Gasteiger partial charge < -0.3 is 9.59 Å². The van der Waals surface area contributed by atoms with Gasteiger partial charge in [-0.25, -0.2) is 9.00 Å². The van der Waals surface area contributed by atoms with Crippen LogP contribution >= 0.6 is 0 Å². The zero-order valence-corrected chi connectivity index (χ0v) is 9.91. The van der Waals surface area contributed by atoms with Crippen LogP contribution in [0.15, 0.2) is 0 Å². The minimum Gasteiger partial charge on any atom is -0.476 e. The van der Waals surface area contributed by atoms with Crippen LogP contribution in [0.1, 0.15) is 0 Å². The van der Waals surface area contributed by atoms with Crippen molar-refractivity contribution < 1.29 is 35.2 Å². The average molecular weight is 262 g/mol. The highest BCUT2D eigenvalue weighted by Crippen LogP contribution is 2.11. The quantitative estimate of drug-likeness (QED) is 0.461. The van der Waals surface area contributed by atoms with Crippen molar-refractivity contribution in [2.24, 2.45) is 0 Å². The molecule has 0 aromatic heterocycles. The van der Waals surface area contributed by atoms with E-state index in [2.05, 4.69) is 3.63 Å². The summed E-state index contributed by atoms with van der Waals surface area (Å²) >= 11 is -2.69. The first-order valence-electron chi connectivity index (χ1n) is 3.57. The fourth-order valence-electron chi connectivity index (χ4n) is 0.794. The van der Waals surface area contributed by atoms with Gasteiger partial charge in [0.25, 0.3) is 5.37 Å². The molecule has 2 unspecified atom stereocenters. The highest BCUT2D eigenvalue weighted by atomic mass is 32.3. The van der Waals surface area contributed by atoms with E-state index in [1.54, 1.807) is 0 Å². The number of carbonyl (C=O) groups is 1. The summed E-state index contributed by atoms with van der Waals surface area (Å²) in [5.74, 6) is -1.50. The fourth-order valence-corrected chi connectivity index (χ4v) is 2.45. The average Bonchev–Trinajstić information content (AvgIpc) is 1.74. The van der Waals surface area contributed by atoms with Gasteiger partial charge in [-0.15, -0.1) is 3.63 Å². The number of quaternary nitrogens is 1. The van der Waals surface area contributed by atoms with Crippen molar-refractivity contribution in [2.45, 2.75) is 5.37 Å². The Labute approximate surface area is 89.7 Å². The van der Waals surface area contributed by atoms with E-state index in [-0.39, 0.29) is 4.48 Å². The van der Waals surface area contributed by atoms with E-state index >= 15 is 0 Å². The maximum atomic E-state index is 11.2. The third kappa shape index (κ3) is 5.18. The zero-order valence-electron chi connectivity index (χ0n) is 8.28. The number of rotatable bonds is 5. The predicted molar refractivity (Wildman–Crippen MR) is 50.2 cm³/mol. The number of likely N-dealkylation sites (N-methyl/N-ethyl adjacent to an activating group) is 1. The molecule has 2 N–H and O–H groups in total. The Hall–Kier alpha value is -0.550. The van der Waals surface area contributed by atoms with Crippen LogP contribution in [0, 0.1) is 0 Å². The number of carboxylic acids is 1. The molecule has 0 amide bonds. The molecule has 15 heavy (non-hydrogen) atoms. The molecule has 90 valence electrons. The molecule has 0 aliphatic heterocycles. The molecule has 8 nitrogen and oxygen atoms in total. The SMILES string of the molecule is C[N+](C)(C)C(C(=O)O)S(=O)OS(=O)(=O)O. The molecular formula is C5H12NO7S2+. The van der Waals surface area contributed by atoms with Gasteiger partial charge in [0.15, 0.2) is 0 Å². The molecule has 0 aromatic rings. The van der Waals surface area contributed by atoms with Crippen molar-refractivity contribution in [1.29, 1.82) is 0 Å². The van der Waals surface area contributed by atoms with Crippen molar-refractivity contribution in [3.63, 3.8) is 0 Å². The van der Waals surface area contributed by atoms with Crippen LogP contribution < -0.4 is 0 Å². The first-order chi connectivity index (χ1) is 6.45. The largest absolute Gasteiger partial charge is 0.476 e. The van der Waals surface area contributed by atoms with Gasteiger partial charge in [-0.3, -0.25) is 4.55 Å². The minimum atomic E-state index is -4.94. The third-order valence-corrected chi connectivity index (χ3v) is 3.67. The number of carboxylic acid groups (broad SMARTS) is 1. The molecule has 0 saturated heterocycles. The van der Waals surface area contributed by atoms with Crippen molar-refractivity contribution >= 4 is 27.4 Å². The van der Waals surface area contributed by atoms with Crippen LogP contribution in [-0.2, 0) is 29.9 Å². The monoisotopic (exact) mass is 262 g/mol. The van der Waals surface area contributed by atoms with Gasteiger partial charge >= 0.3 is 16.4 Å². The van der Waals surface area contributed by atoms with E-state index in [1.165, 1.54) is 21.1 Å². The van der Waals surface area contributed by atoms with Crippen LogP contribution in [0.2, 0.25) is 0 Å². The maximum absolute atomic E-state index is 11.2. The summed E-state index contributed by atoms with van der Waals surface area (Å²) in [7, 11) is -0.757. The molecule has 10 heteroatoms. The van der Waals surface area contributed by atoms with E-state index in [1.807, 2.05) is 0 Å². The Morgan fingerprint density at radius 2 is 1.80 bits per heavy atom. The lowest BCUT2D eigenvalue weighted by Crippen LogP contribution is -2.52. The standard InChI is InChI=1S/C5H11NO7S2/c1-6(2,3)4(5(7)8)14(9)13-15(10,11)12/h4H,1-3H3,(H-,7,8,10,11,12)/p+1. The van der Waals surface area contributed by atoms with Crippen LogP contribution in [0.4, 0.5) is 0 Å². The summed E-state index contributed by atoms with van der Waals surface area (Å²) in [6.45, 7) is 0. The van der Waals surface area contributed by atoms with Gasteiger partial charge in [-0.05, 0) is 0 Å². The lowest BCUT2D eigenvalue weighted by molar-refractivity contribution is -0.873. The lowest BCUT2D eigenvalue weighted by atomic mass is 10.5. The molecule has 0 aromatic carbocycles. The molecule has 2 atom stereocenters. The molecule has 0 aliphatic carbocycles. The summed E-state index contributed by atoms with van der Waals surface area (Å²) in [6.07, 6.45) is 0. The van der Waals surface area contributed by atoms with Crippen molar-refractivity contribution in [2.75, 3.05) is 21.1 Å². The van der Waals surface area contributed by atoms with E-state index in [9.17, 15) is 17.4 Å². The van der Waals surface area contributed by atoms with Crippen LogP contribution in [0.3, 0.4) is 0 Å². The number of aliphatic carboxylic acids is 1. The van der Waals surface area contributed by atoms with Crippen molar-refractivity contribution in [1.82, 2.24) is 0 Å². The van der Waals surface area contributed by atoms with Gasteiger partial charge in [-0.1, -0.05) is 0 Å². The van der Waals surface area contributed by atoms with Gasteiger partial charge in [0.2, 0.25) is 11.1 Å². The van der Waals surface area contributed by atoms with Crippen molar-refractivity contribution in [3.8, 4) is 0 Å². The van der Waals surface area contributed by atoms with Gasteiger partial charge in [0, 0.05) is 0 Å². The van der Waals surface area contributed by atoms with E-state index in [4.69, 9.17) is 9.66 Å². The topological polar surface area (TPSA) is 118 Å². The molecule has 0 saturated carbocycles. The summed E-state index contributed by atoms with van der Waals surface area (Å²) in [5, 5.41) is 7.09. The smallest absolute Gasteiger partial charge is 0.410 e. The Bertz CT molecular complexity index is 367. The second kappa shape index (κ2) is 4.53. The Kier molecular flexibility index (Phi) is 4.36. The third-order valence-electron chi connectivity index (χ3n) is 1.25. The van der Waals surface area contributed by atoms with E-state index < -0.39 is 32.8 Å². The predicted octanol–water partition coefficient (Wildman–Crippen LogP) is -1.41. The summed E-state index contributed by atoms with van der Waals surface area (Å²) < 4.78 is 43.3. The fraction of sp³-hybridized carbons (Fsp3) is 0.800. The van der Waals surface area contributed by atoms with Gasteiger partial charge in [0.05, 0.1) is 21.1 Å². The molecule has 0 heterocycles. The molecule has 0 rings (SSSR count). The molecular weight excluding hydrogens is 250 g/mol. The molecule has 0 bridgehead atoms. The van der Waals surface area contributed by atoms with Crippen molar-refractivity contribution in [3.05, 3.63) is 0 Å². The van der Waals surface area contributed by atoms with Crippen LogP contribution in [-0.4, -0.2) is 59.3 Å². The highest BCUT2D eigenvalue weighted by molar-refractivity contribution is 7.94. The number of nitrogens with zero attached hydrogens (tertiary/aromatic N) is 1. The van der Waals surface area contributed by atoms with Crippen LogP contribution in [0.25, 0.3) is 0 Å². The minimum absolute atomic E-state index is 0.322. The molecule has 0 spiro atoms. The number of hydrogen-bond acceptors (Lipinski definition) is 5.